The molecule has 1 aromatic carbocycles. The first-order valence-electron chi connectivity index (χ1n) is 7.05. The fraction of sp³-hybridized carbons (Fsp3) is 0.267. The van der Waals surface area contributed by atoms with E-state index in [1.165, 1.54) is 29.6 Å². The van der Waals surface area contributed by atoms with Crippen molar-refractivity contribution < 1.29 is 5.11 Å². The smallest absolute Gasteiger partial charge is 0.223 e. The molecule has 0 amide bonds. The Bertz CT molecular complexity index is 902. The van der Waals surface area contributed by atoms with Crippen LogP contribution in [-0.2, 0) is 19.6 Å². The summed E-state index contributed by atoms with van der Waals surface area (Å²) >= 11 is 1.23. The Labute approximate surface area is 130 Å². The van der Waals surface area contributed by atoms with Gasteiger partial charge in [-0.2, -0.15) is 8.75 Å². The highest BCUT2D eigenvalue weighted by molar-refractivity contribution is 7.00. The number of fused-ring (bicyclic) bond motifs is 2. The average molecular weight is 314 g/mol. The lowest BCUT2D eigenvalue weighted by molar-refractivity contribution is 0.210. The maximum atomic E-state index is 11.6. The van der Waals surface area contributed by atoms with Gasteiger partial charge in [-0.05, 0) is 17.7 Å². The Morgan fingerprint density at radius 3 is 2.95 bits per heavy atom. The number of benzene rings is 1. The third-order valence-corrected chi connectivity index (χ3v) is 4.52. The summed E-state index contributed by atoms with van der Waals surface area (Å²) in [6.45, 7) is 3.15. The van der Waals surface area contributed by atoms with Crippen LogP contribution in [0.15, 0.2) is 35.3 Å². The minimum atomic E-state index is -0.317. The maximum absolute atomic E-state index is 11.6. The van der Waals surface area contributed by atoms with Crippen molar-refractivity contribution in [2.75, 3.05) is 6.54 Å². The van der Waals surface area contributed by atoms with Gasteiger partial charge in [0.25, 0.3) is 0 Å². The Kier molecular flexibility index (Phi) is 3.16. The van der Waals surface area contributed by atoms with Crippen molar-refractivity contribution in [2.45, 2.75) is 19.6 Å². The van der Waals surface area contributed by atoms with Gasteiger partial charge in [0.05, 0.1) is 17.9 Å². The molecule has 2 aromatic heterocycles. The molecular formula is C15H14N4O2S. The molecule has 3 aromatic rings. The van der Waals surface area contributed by atoms with Crippen LogP contribution in [0.5, 0.6) is 5.75 Å². The van der Waals surface area contributed by atoms with Crippen molar-refractivity contribution in [2.24, 2.45) is 0 Å². The van der Waals surface area contributed by atoms with Gasteiger partial charge in [-0.1, -0.05) is 6.07 Å². The molecule has 1 N–H and O–H groups in total. The van der Waals surface area contributed by atoms with Gasteiger partial charge in [0.2, 0.25) is 5.43 Å². The predicted molar refractivity (Wildman–Crippen MR) is 83.9 cm³/mol. The SMILES string of the molecule is O=c1cc2n(cc1O)CCN(Cc1ccc3nsnc3c1)C2. The maximum Gasteiger partial charge on any atom is 0.223 e. The van der Waals surface area contributed by atoms with E-state index in [0.29, 0.717) is 6.54 Å². The van der Waals surface area contributed by atoms with E-state index in [1.807, 2.05) is 10.6 Å². The number of aromatic nitrogens is 3. The first-order valence-corrected chi connectivity index (χ1v) is 7.78. The van der Waals surface area contributed by atoms with Crippen molar-refractivity contribution in [3.8, 4) is 5.75 Å². The number of hydrogen-bond donors (Lipinski definition) is 1. The third kappa shape index (κ3) is 2.38. The Hall–Kier alpha value is -2.25. The zero-order valence-corrected chi connectivity index (χ0v) is 12.6. The minimum absolute atomic E-state index is 0.182. The van der Waals surface area contributed by atoms with Gasteiger partial charge in [-0.3, -0.25) is 9.69 Å². The third-order valence-electron chi connectivity index (χ3n) is 3.96. The van der Waals surface area contributed by atoms with Crippen molar-refractivity contribution in [3.05, 3.63) is 51.9 Å². The summed E-state index contributed by atoms with van der Waals surface area (Å²) in [5.74, 6) is -0.182. The summed E-state index contributed by atoms with van der Waals surface area (Å²) < 4.78 is 10.4. The standard InChI is InChI=1S/C15H14N4O2S/c20-14-6-11-8-18(3-4-19(11)9-15(14)21)7-10-1-2-12-13(5-10)17-22-16-12/h1-2,5-6,9,21H,3-4,7-8H2. The molecule has 0 saturated carbocycles. The lowest BCUT2D eigenvalue weighted by Crippen LogP contribution is -2.34. The first kappa shape index (κ1) is 13.4. The number of aromatic hydroxyl groups is 1. The van der Waals surface area contributed by atoms with Crippen LogP contribution in [0.1, 0.15) is 11.3 Å². The molecular weight excluding hydrogens is 300 g/mol. The Morgan fingerprint density at radius 2 is 2.05 bits per heavy atom. The number of hydrogen-bond acceptors (Lipinski definition) is 6. The predicted octanol–water partition coefficient (Wildman–Crippen LogP) is 1.57. The van der Waals surface area contributed by atoms with Crippen molar-refractivity contribution >= 4 is 22.8 Å². The van der Waals surface area contributed by atoms with Gasteiger partial charge in [-0.15, -0.1) is 0 Å². The van der Waals surface area contributed by atoms with Crippen LogP contribution in [0.2, 0.25) is 0 Å². The van der Waals surface area contributed by atoms with Crippen LogP contribution in [0.4, 0.5) is 0 Å². The second-order valence-corrected chi connectivity index (χ2v) is 6.03. The summed E-state index contributed by atoms with van der Waals surface area (Å²) in [7, 11) is 0. The van der Waals surface area contributed by atoms with E-state index < -0.39 is 0 Å². The monoisotopic (exact) mass is 314 g/mol. The molecule has 0 spiro atoms. The zero-order chi connectivity index (χ0) is 15.1. The van der Waals surface area contributed by atoms with Crippen LogP contribution >= 0.6 is 11.7 Å². The topological polar surface area (TPSA) is 71.2 Å². The van der Waals surface area contributed by atoms with E-state index in [4.69, 9.17) is 0 Å². The molecule has 0 saturated heterocycles. The highest BCUT2D eigenvalue weighted by Crippen LogP contribution is 2.18. The van der Waals surface area contributed by atoms with Crippen molar-refractivity contribution in [1.29, 1.82) is 0 Å². The highest BCUT2D eigenvalue weighted by Gasteiger charge is 2.17. The summed E-state index contributed by atoms with van der Waals surface area (Å²) in [6.07, 6.45) is 1.53. The van der Waals surface area contributed by atoms with Crippen LogP contribution in [0.3, 0.4) is 0 Å². The van der Waals surface area contributed by atoms with Gasteiger partial charge < -0.3 is 9.67 Å². The van der Waals surface area contributed by atoms with Crippen LogP contribution in [-0.4, -0.2) is 29.9 Å². The Balaban J connectivity index is 1.56. The number of pyridine rings is 1. The second-order valence-electron chi connectivity index (χ2n) is 5.51. The van der Waals surface area contributed by atoms with E-state index in [2.05, 4.69) is 25.8 Å². The zero-order valence-electron chi connectivity index (χ0n) is 11.8. The molecule has 7 heteroatoms. The summed E-state index contributed by atoms with van der Waals surface area (Å²) in [5, 5.41) is 9.50. The number of rotatable bonds is 2. The van der Waals surface area contributed by atoms with Gasteiger partial charge >= 0.3 is 0 Å². The van der Waals surface area contributed by atoms with E-state index in [-0.39, 0.29) is 11.2 Å². The van der Waals surface area contributed by atoms with Crippen LogP contribution in [0.25, 0.3) is 11.0 Å². The molecule has 0 radical (unpaired) electrons. The van der Waals surface area contributed by atoms with Gasteiger partial charge in [-0.25, -0.2) is 0 Å². The van der Waals surface area contributed by atoms with E-state index in [1.54, 1.807) is 0 Å². The molecule has 1 aliphatic rings. The molecule has 112 valence electrons. The quantitative estimate of drug-likeness (QED) is 0.777. The summed E-state index contributed by atoms with van der Waals surface area (Å²) in [5.41, 5.74) is 3.67. The van der Waals surface area contributed by atoms with Gasteiger partial charge in [0.15, 0.2) is 5.75 Å². The lowest BCUT2D eigenvalue weighted by atomic mass is 10.1. The molecule has 1 aliphatic heterocycles. The fourth-order valence-corrected chi connectivity index (χ4v) is 3.34. The first-order chi connectivity index (χ1) is 10.7. The van der Waals surface area contributed by atoms with Crippen molar-refractivity contribution in [1.82, 2.24) is 18.2 Å². The summed E-state index contributed by atoms with van der Waals surface area (Å²) in [6, 6.07) is 7.66. The molecule has 3 heterocycles. The molecule has 0 unspecified atom stereocenters. The Morgan fingerprint density at radius 1 is 1.18 bits per heavy atom. The molecule has 0 bridgehead atoms. The van der Waals surface area contributed by atoms with Gasteiger partial charge in [0, 0.05) is 37.9 Å². The van der Waals surface area contributed by atoms with E-state index in [9.17, 15) is 9.90 Å². The molecule has 0 fully saturated rings. The molecule has 6 nitrogen and oxygen atoms in total. The highest BCUT2D eigenvalue weighted by atomic mass is 32.1. The van der Waals surface area contributed by atoms with E-state index >= 15 is 0 Å². The van der Waals surface area contributed by atoms with Crippen LogP contribution in [0, 0.1) is 0 Å². The molecule has 4 rings (SSSR count). The van der Waals surface area contributed by atoms with E-state index in [0.717, 1.165) is 36.4 Å². The minimum Gasteiger partial charge on any atom is -0.503 e. The molecule has 0 aliphatic carbocycles. The molecule has 0 atom stereocenters. The lowest BCUT2D eigenvalue weighted by Gasteiger charge is -2.30. The van der Waals surface area contributed by atoms with Crippen molar-refractivity contribution in [3.63, 3.8) is 0 Å². The fourth-order valence-electron chi connectivity index (χ4n) is 2.82. The van der Waals surface area contributed by atoms with Crippen LogP contribution < -0.4 is 5.43 Å². The summed E-state index contributed by atoms with van der Waals surface area (Å²) in [4.78, 5) is 13.9. The normalized spacial score (nSPS) is 15.1. The number of nitrogens with zero attached hydrogens (tertiary/aromatic N) is 4. The largest absolute Gasteiger partial charge is 0.503 e. The van der Waals surface area contributed by atoms with Gasteiger partial charge in [0.1, 0.15) is 11.0 Å². The average Bonchev–Trinajstić information content (AvgIpc) is 2.96. The molecule has 22 heavy (non-hydrogen) atoms. The second kappa shape index (κ2) is 5.19.